The third-order valence-corrected chi connectivity index (χ3v) is 9.70. The fourth-order valence-corrected chi connectivity index (χ4v) is 7.43. The number of para-hydroxylation sites is 4. The molecule has 0 fully saturated rings. The third kappa shape index (κ3) is 4.42. The lowest BCUT2D eigenvalue weighted by Crippen LogP contribution is -2.37. The maximum Gasteiger partial charge on any atom is 0.0579 e. The van der Waals surface area contributed by atoms with Gasteiger partial charge in [0, 0.05) is 49.7 Å². The van der Waals surface area contributed by atoms with Crippen LogP contribution in [0.25, 0.3) is 49.3 Å². The summed E-state index contributed by atoms with van der Waals surface area (Å²) >= 11 is 0. The second-order valence-corrected chi connectivity index (χ2v) is 12.3. The highest BCUT2D eigenvalue weighted by atomic mass is 15.2. The van der Waals surface area contributed by atoms with Crippen molar-refractivity contribution in [2.45, 2.75) is 25.4 Å². The summed E-state index contributed by atoms with van der Waals surface area (Å²) in [6.45, 7) is 10.6. The maximum atomic E-state index is 4.27. The molecule has 2 aromatic heterocycles. The molecule has 2 heterocycles. The SMILES string of the molecule is C=CC(C)[C@H](C=C)N(C1=CCC(n2c3ccccc3c3ccccc32)C=C1)c1ccc(-n2c3ccccc3c3ccccc32)cc1. The van der Waals surface area contributed by atoms with Crippen LogP contribution in [0.3, 0.4) is 0 Å². The first-order valence-electron chi connectivity index (χ1n) is 16.2. The third-order valence-electron chi connectivity index (χ3n) is 9.70. The molecule has 3 atom stereocenters. The summed E-state index contributed by atoms with van der Waals surface area (Å²) in [6.07, 6.45) is 12.0. The summed E-state index contributed by atoms with van der Waals surface area (Å²) in [5, 5.41) is 5.15. The maximum absolute atomic E-state index is 4.27. The van der Waals surface area contributed by atoms with Crippen LogP contribution >= 0.6 is 0 Å². The van der Waals surface area contributed by atoms with Crippen molar-refractivity contribution in [2.24, 2.45) is 5.92 Å². The highest BCUT2D eigenvalue weighted by Gasteiger charge is 2.26. The van der Waals surface area contributed by atoms with Gasteiger partial charge in [0.05, 0.1) is 23.1 Å². The van der Waals surface area contributed by atoms with Crippen LogP contribution in [-0.4, -0.2) is 15.2 Å². The summed E-state index contributed by atoms with van der Waals surface area (Å²) in [5.74, 6) is 0.207. The predicted octanol–water partition coefficient (Wildman–Crippen LogP) is 11.2. The number of fused-ring (bicyclic) bond motifs is 6. The zero-order chi connectivity index (χ0) is 31.2. The Morgan fingerprint density at radius 1 is 0.652 bits per heavy atom. The summed E-state index contributed by atoms with van der Waals surface area (Å²) < 4.78 is 4.86. The smallest absolute Gasteiger partial charge is 0.0579 e. The Balaban J connectivity index is 1.18. The van der Waals surface area contributed by atoms with Gasteiger partial charge in [0.2, 0.25) is 0 Å². The van der Waals surface area contributed by atoms with Gasteiger partial charge < -0.3 is 14.0 Å². The molecule has 7 aromatic rings. The van der Waals surface area contributed by atoms with E-state index in [1.807, 2.05) is 6.08 Å². The van der Waals surface area contributed by atoms with Gasteiger partial charge in [-0.05, 0) is 66.9 Å². The number of hydrogen-bond donors (Lipinski definition) is 0. The first-order chi connectivity index (χ1) is 22.7. The van der Waals surface area contributed by atoms with Crippen LogP contribution in [-0.2, 0) is 0 Å². The zero-order valence-corrected chi connectivity index (χ0v) is 26.1. The standard InChI is InChI=1S/C43H37N3/c1-4-30(3)39(5-2)44(31-22-26-33(27-23-31)45-40-18-10-6-14-35(40)36-15-7-11-19-41(36)45)32-24-28-34(29-25-32)46-42-20-12-8-16-37(42)38-17-9-13-21-43(38)46/h4-28,30,34,39H,1-2,29H2,3H3/t30?,34?,39-/m0/s1. The van der Waals surface area contributed by atoms with Gasteiger partial charge >= 0.3 is 0 Å². The molecule has 1 aliphatic carbocycles. The second-order valence-electron chi connectivity index (χ2n) is 12.3. The van der Waals surface area contributed by atoms with Crippen molar-refractivity contribution < 1.29 is 0 Å². The molecule has 0 bridgehead atoms. The van der Waals surface area contributed by atoms with Gasteiger partial charge in [-0.3, -0.25) is 0 Å². The molecular formula is C43H37N3. The minimum absolute atomic E-state index is 0.0530. The Morgan fingerprint density at radius 2 is 1.15 bits per heavy atom. The number of hydrogen-bond acceptors (Lipinski definition) is 1. The number of allylic oxidation sites excluding steroid dienone is 3. The van der Waals surface area contributed by atoms with Crippen molar-refractivity contribution in [2.75, 3.05) is 4.90 Å². The van der Waals surface area contributed by atoms with Crippen molar-refractivity contribution in [3.63, 3.8) is 0 Å². The largest absolute Gasteiger partial charge is 0.334 e. The number of benzene rings is 5. The van der Waals surface area contributed by atoms with Crippen LogP contribution < -0.4 is 4.90 Å². The van der Waals surface area contributed by atoms with E-state index in [-0.39, 0.29) is 18.0 Å². The van der Waals surface area contributed by atoms with Crippen LogP contribution in [0.1, 0.15) is 19.4 Å². The van der Waals surface area contributed by atoms with Gasteiger partial charge in [-0.15, -0.1) is 13.2 Å². The fraction of sp³-hybridized carbons (Fsp3) is 0.116. The van der Waals surface area contributed by atoms with E-state index in [4.69, 9.17) is 0 Å². The zero-order valence-electron chi connectivity index (χ0n) is 26.1. The topological polar surface area (TPSA) is 13.1 Å². The van der Waals surface area contributed by atoms with Crippen molar-refractivity contribution in [3.8, 4) is 5.69 Å². The van der Waals surface area contributed by atoms with Gasteiger partial charge in [0.1, 0.15) is 0 Å². The highest BCUT2D eigenvalue weighted by molar-refractivity contribution is 6.09. The number of rotatable bonds is 8. The Morgan fingerprint density at radius 3 is 1.63 bits per heavy atom. The Labute approximate surface area is 270 Å². The van der Waals surface area contributed by atoms with E-state index < -0.39 is 0 Å². The Hall–Kier alpha value is -5.54. The molecule has 0 saturated heterocycles. The summed E-state index contributed by atoms with van der Waals surface area (Å²) in [7, 11) is 0. The van der Waals surface area contributed by atoms with Crippen molar-refractivity contribution in [3.05, 3.63) is 171 Å². The molecule has 5 aromatic carbocycles. The molecule has 0 N–H and O–H groups in total. The van der Waals surface area contributed by atoms with Gasteiger partial charge in [-0.25, -0.2) is 0 Å². The summed E-state index contributed by atoms with van der Waals surface area (Å²) in [4.78, 5) is 2.42. The average molecular weight is 596 g/mol. The van der Waals surface area contributed by atoms with Crippen molar-refractivity contribution in [1.29, 1.82) is 0 Å². The lowest BCUT2D eigenvalue weighted by atomic mass is 9.96. The molecule has 8 rings (SSSR count). The minimum atomic E-state index is 0.0530. The molecule has 224 valence electrons. The van der Waals surface area contributed by atoms with Crippen molar-refractivity contribution >= 4 is 49.3 Å². The van der Waals surface area contributed by atoms with Gasteiger partial charge in [-0.2, -0.15) is 0 Å². The van der Waals surface area contributed by atoms with E-state index in [1.165, 1.54) is 49.3 Å². The fourth-order valence-electron chi connectivity index (χ4n) is 7.43. The van der Waals surface area contributed by atoms with Crippen LogP contribution in [0.5, 0.6) is 0 Å². The molecule has 0 amide bonds. The van der Waals surface area contributed by atoms with Crippen molar-refractivity contribution in [1.82, 2.24) is 9.13 Å². The average Bonchev–Trinajstić information content (AvgIpc) is 3.64. The summed E-state index contributed by atoms with van der Waals surface area (Å²) in [6, 6.07) is 44.1. The van der Waals surface area contributed by atoms with Crippen LogP contribution in [0, 0.1) is 5.92 Å². The normalized spacial score (nSPS) is 16.1. The van der Waals surface area contributed by atoms with Gasteiger partial charge in [0.25, 0.3) is 0 Å². The Kier molecular flexibility index (Phi) is 6.95. The number of aromatic nitrogens is 2. The molecule has 1 aliphatic rings. The van der Waals surface area contributed by atoms with Crippen LogP contribution in [0.15, 0.2) is 171 Å². The minimum Gasteiger partial charge on any atom is -0.334 e. The monoisotopic (exact) mass is 595 g/mol. The molecule has 0 spiro atoms. The highest BCUT2D eigenvalue weighted by Crippen LogP contribution is 2.38. The molecular weight excluding hydrogens is 558 g/mol. The van der Waals surface area contributed by atoms with E-state index in [2.05, 4.69) is 180 Å². The second kappa shape index (κ2) is 11.4. The first kappa shape index (κ1) is 28.0. The molecule has 2 unspecified atom stereocenters. The molecule has 0 radical (unpaired) electrons. The van der Waals surface area contributed by atoms with E-state index in [1.54, 1.807) is 0 Å². The van der Waals surface area contributed by atoms with E-state index in [0.717, 1.165) is 17.8 Å². The van der Waals surface area contributed by atoms with E-state index in [9.17, 15) is 0 Å². The molecule has 3 nitrogen and oxygen atoms in total. The lowest BCUT2D eigenvalue weighted by molar-refractivity contribution is 0.594. The Bertz CT molecular complexity index is 2200. The molecule has 0 aliphatic heterocycles. The predicted molar refractivity (Wildman–Crippen MR) is 197 cm³/mol. The lowest BCUT2D eigenvalue weighted by Gasteiger charge is -2.37. The van der Waals surface area contributed by atoms with Crippen LogP contribution in [0.4, 0.5) is 5.69 Å². The van der Waals surface area contributed by atoms with E-state index >= 15 is 0 Å². The van der Waals surface area contributed by atoms with Gasteiger partial charge in [0.15, 0.2) is 0 Å². The number of nitrogens with zero attached hydrogens (tertiary/aromatic N) is 3. The quantitative estimate of drug-likeness (QED) is 0.159. The number of anilines is 1. The van der Waals surface area contributed by atoms with Crippen LogP contribution in [0.2, 0.25) is 0 Å². The van der Waals surface area contributed by atoms with E-state index in [0.29, 0.717) is 0 Å². The molecule has 46 heavy (non-hydrogen) atoms. The molecule has 0 saturated carbocycles. The van der Waals surface area contributed by atoms with Gasteiger partial charge in [-0.1, -0.05) is 104 Å². The first-order valence-corrected chi connectivity index (χ1v) is 16.2. The molecule has 3 heteroatoms. The summed E-state index contributed by atoms with van der Waals surface area (Å²) in [5.41, 5.74) is 8.44.